The summed E-state index contributed by atoms with van der Waals surface area (Å²) in [4.78, 5) is 30.9. The van der Waals surface area contributed by atoms with Crippen LogP contribution >= 0.6 is 0 Å². The summed E-state index contributed by atoms with van der Waals surface area (Å²) >= 11 is 0. The van der Waals surface area contributed by atoms with Crippen molar-refractivity contribution < 1.29 is 9.18 Å². The molecule has 3 heterocycles. The van der Waals surface area contributed by atoms with Gasteiger partial charge in [0.1, 0.15) is 17.5 Å². The first-order chi connectivity index (χ1) is 15.3. The lowest BCUT2D eigenvalue weighted by atomic mass is 10.0. The number of hydrogen-bond donors (Lipinski definition) is 3. The van der Waals surface area contributed by atoms with E-state index in [2.05, 4.69) is 30.5 Å². The van der Waals surface area contributed by atoms with Gasteiger partial charge in [-0.3, -0.25) is 4.79 Å². The fourth-order valence-corrected chi connectivity index (χ4v) is 4.08. The normalized spacial score (nSPS) is 15.6. The minimum Gasteiger partial charge on any atom is -0.368 e. The fraction of sp³-hybridized carbons (Fsp3) is 0.409. The van der Waals surface area contributed by atoms with Gasteiger partial charge >= 0.3 is 0 Å². The van der Waals surface area contributed by atoms with Crippen molar-refractivity contribution in [2.75, 3.05) is 29.0 Å². The average molecular weight is 439 g/mol. The summed E-state index contributed by atoms with van der Waals surface area (Å²) in [7, 11) is 0. The molecule has 1 aromatic carbocycles. The second-order valence-electron chi connectivity index (χ2n) is 8.13. The van der Waals surface area contributed by atoms with E-state index in [9.17, 15) is 9.18 Å². The first-order valence-electron chi connectivity index (χ1n) is 10.7. The van der Waals surface area contributed by atoms with Gasteiger partial charge in [-0.1, -0.05) is 0 Å². The van der Waals surface area contributed by atoms with Crippen molar-refractivity contribution in [1.29, 1.82) is 0 Å². The maximum Gasteiger partial charge on any atom is 0.228 e. The van der Waals surface area contributed by atoms with Crippen LogP contribution in [0, 0.1) is 12.7 Å². The molecular formula is C22H27FN8O. The van der Waals surface area contributed by atoms with Crippen LogP contribution in [0.25, 0.3) is 10.9 Å². The van der Waals surface area contributed by atoms with E-state index in [-0.39, 0.29) is 29.8 Å². The van der Waals surface area contributed by atoms with Crippen molar-refractivity contribution >= 4 is 34.5 Å². The molecular weight excluding hydrogens is 411 g/mol. The van der Waals surface area contributed by atoms with E-state index < -0.39 is 0 Å². The number of nitrogen functional groups attached to an aromatic ring is 1. The molecule has 32 heavy (non-hydrogen) atoms. The quantitative estimate of drug-likeness (QED) is 0.556. The molecule has 1 aliphatic rings. The Labute approximate surface area is 185 Å². The monoisotopic (exact) mass is 438 g/mol. The predicted octanol–water partition coefficient (Wildman–Crippen LogP) is 2.73. The van der Waals surface area contributed by atoms with E-state index in [1.54, 1.807) is 13.0 Å². The van der Waals surface area contributed by atoms with Crippen LogP contribution in [0.15, 0.2) is 24.3 Å². The number of hydrogen-bond acceptors (Lipinski definition) is 8. The van der Waals surface area contributed by atoms with Gasteiger partial charge in [-0.25, -0.2) is 9.37 Å². The molecule has 4 N–H and O–H groups in total. The molecule has 0 unspecified atom stereocenters. The number of nitrogens with zero attached hydrogens (tertiary/aromatic N) is 5. The fourth-order valence-electron chi connectivity index (χ4n) is 4.08. The van der Waals surface area contributed by atoms with Gasteiger partial charge in [0.05, 0.1) is 11.6 Å². The highest BCUT2D eigenvalue weighted by Crippen LogP contribution is 2.32. The van der Waals surface area contributed by atoms with Gasteiger partial charge in [-0.2, -0.15) is 15.0 Å². The van der Waals surface area contributed by atoms with Crippen molar-refractivity contribution in [3.63, 3.8) is 0 Å². The molecule has 0 radical (unpaired) electrons. The Kier molecular flexibility index (Phi) is 6.02. The summed E-state index contributed by atoms with van der Waals surface area (Å²) in [6.07, 6.45) is 1.62. The summed E-state index contributed by atoms with van der Waals surface area (Å²) < 4.78 is 13.9. The van der Waals surface area contributed by atoms with Crippen LogP contribution in [-0.4, -0.2) is 45.0 Å². The molecule has 10 heteroatoms. The molecule has 0 saturated carbocycles. The summed E-state index contributed by atoms with van der Waals surface area (Å²) in [6, 6.07) is 6.58. The van der Waals surface area contributed by atoms with Crippen LogP contribution in [-0.2, 0) is 4.79 Å². The SMILES string of the molecule is CC(=O)NC1CCN(c2nc3cc(F)ccc3cc2[C@H](C)Nc2nc(C)nc(N)n2)CC1. The van der Waals surface area contributed by atoms with Gasteiger partial charge in [-0.15, -0.1) is 0 Å². The summed E-state index contributed by atoms with van der Waals surface area (Å²) in [6.45, 7) is 6.75. The van der Waals surface area contributed by atoms with Crippen molar-refractivity contribution in [2.24, 2.45) is 0 Å². The molecule has 1 saturated heterocycles. The first kappa shape index (κ1) is 21.7. The topological polar surface area (TPSA) is 122 Å². The Balaban J connectivity index is 1.67. The average Bonchev–Trinajstić information content (AvgIpc) is 2.72. The van der Waals surface area contributed by atoms with E-state index >= 15 is 0 Å². The molecule has 0 bridgehead atoms. The second-order valence-corrected chi connectivity index (χ2v) is 8.13. The standard InChI is InChI=1S/C22H27FN8O/c1-12(25-22-27-13(2)26-21(24)30-22)18-10-15-4-5-16(23)11-19(15)29-20(18)31-8-6-17(7-9-31)28-14(3)32/h4-5,10-12,17H,6-9H2,1-3H3,(H,28,32)(H3,24,25,26,27,30)/t12-/m0/s1. The summed E-state index contributed by atoms with van der Waals surface area (Å²) in [5.41, 5.74) is 7.31. The number of benzene rings is 1. The molecule has 9 nitrogen and oxygen atoms in total. The van der Waals surface area contributed by atoms with E-state index in [4.69, 9.17) is 10.7 Å². The van der Waals surface area contributed by atoms with Crippen molar-refractivity contribution in [3.05, 3.63) is 41.5 Å². The van der Waals surface area contributed by atoms with E-state index in [0.29, 0.717) is 17.3 Å². The Morgan fingerprint density at radius 2 is 1.94 bits per heavy atom. The summed E-state index contributed by atoms with van der Waals surface area (Å²) in [5.74, 6) is 1.50. The third kappa shape index (κ3) is 4.84. The van der Waals surface area contributed by atoms with Gasteiger partial charge < -0.3 is 21.3 Å². The third-order valence-electron chi connectivity index (χ3n) is 5.57. The van der Waals surface area contributed by atoms with Crippen LogP contribution in [0.3, 0.4) is 0 Å². The number of halogens is 1. The van der Waals surface area contributed by atoms with Crippen molar-refractivity contribution in [2.45, 2.75) is 45.7 Å². The number of amides is 1. The summed E-state index contributed by atoms with van der Waals surface area (Å²) in [5, 5.41) is 7.13. The van der Waals surface area contributed by atoms with Crippen molar-refractivity contribution in [3.8, 4) is 0 Å². The number of piperidine rings is 1. The van der Waals surface area contributed by atoms with Gasteiger partial charge in [0.15, 0.2) is 0 Å². The smallest absolute Gasteiger partial charge is 0.228 e. The molecule has 1 amide bonds. The predicted molar refractivity (Wildman–Crippen MR) is 122 cm³/mol. The van der Waals surface area contributed by atoms with Gasteiger partial charge in [0, 0.05) is 43.1 Å². The molecule has 0 spiro atoms. The molecule has 168 valence electrons. The van der Waals surface area contributed by atoms with Crippen LogP contribution in [0.5, 0.6) is 0 Å². The Hall–Kier alpha value is -3.56. The first-order valence-corrected chi connectivity index (χ1v) is 10.7. The lowest BCUT2D eigenvalue weighted by molar-refractivity contribution is -0.119. The number of nitrogens with one attached hydrogen (secondary N) is 2. The number of fused-ring (bicyclic) bond motifs is 1. The minimum absolute atomic E-state index is 0.0202. The molecule has 0 aliphatic carbocycles. The minimum atomic E-state index is -0.324. The molecule has 1 aliphatic heterocycles. The van der Waals surface area contributed by atoms with Gasteiger partial charge in [0.25, 0.3) is 0 Å². The number of aryl methyl sites for hydroxylation is 1. The molecule has 1 atom stereocenters. The van der Waals surface area contributed by atoms with Crippen LogP contribution in [0.2, 0.25) is 0 Å². The zero-order valence-electron chi connectivity index (χ0n) is 18.4. The van der Waals surface area contributed by atoms with Crippen LogP contribution in [0.1, 0.15) is 44.1 Å². The maximum atomic E-state index is 13.9. The highest BCUT2D eigenvalue weighted by atomic mass is 19.1. The Morgan fingerprint density at radius 1 is 1.19 bits per heavy atom. The number of rotatable bonds is 5. The maximum absolute atomic E-state index is 13.9. The zero-order valence-corrected chi connectivity index (χ0v) is 18.4. The number of aromatic nitrogens is 4. The van der Waals surface area contributed by atoms with Gasteiger partial charge in [0.2, 0.25) is 17.8 Å². The Bertz CT molecular complexity index is 1130. The number of pyridine rings is 1. The van der Waals surface area contributed by atoms with E-state index in [1.807, 2.05) is 13.0 Å². The van der Waals surface area contributed by atoms with Crippen molar-refractivity contribution in [1.82, 2.24) is 25.3 Å². The molecule has 2 aromatic heterocycles. The third-order valence-corrected chi connectivity index (χ3v) is 5.57. The molecule has 4 rings (SSSR count). The highest BCUT2D eigenvalue weighted by Gasteiger charge is 2.25. The van der Waals surface area contributed by atoms with E-state index in [0.717, 1.165) is 42.7 Å². The van der Waals surface area contributed by atoms with Crippen LogP contribution in [0.4, 0.5) is 22.1 Å². The largest absolute Gasteiger partial charge is 0.368 e. The lowest BCUT2D eigenvalue weighted by Gasteiger charge is -2.35. The number of anilines is 3. The number of nitrogens with two attached hydrogens (primary N) is 1. The second kappa shape index (κ2) is 8.89. The van der Waals surface area contributed by atoms with Gasteiger partial charge in [-0.05, 0) is 44.9 Å². The molecule has 1 fully saturated rings. The highest BCUT2D eigenvalue weighted by molar-refractivity contribution is 5.82. The molecule has 3 aromatic rings. The van der Waals surface area contributed by atoms with E-state index in [1.165, 1.54) is 19.1 Å². The lowest BCUT2D eigenvalue weighted by Crippen LogP contribution is -2.44. The number of carbonyl (C=O) groups is 1. The zero-order chi connectivity index (χ0) is 22.8. The Morgan fingerprint density at radius 3 is 2.62 bits per heavy atom. The van der Waals surface area contributed by atoms with Crippen LogP contribution < -0.4 is 21.3 Å². The number of carbonyl (C=O) groups excluding carboxylic acids is 1.